The van der Waals surface area contributed by atoms with Crippen LogP contribution in [0.15, 0.2) is 39.8 Å². The lowest BCUT2D eigenvalue weighted by atomic mass is 10.1. The molecule has 9 heteroatoms. The highest BCUT2D eigenvalue weighted by atomic mass is 32.2. The summed E-state index contributed by atoms with van der Waals surface area (Å²) in [5, 5.41) is 1.99. The third kappa shape index (κ3) is 4.04. The molecule has 2 atom stereocenters. The first-order valence-electron chi connectivity index (χ1n) is 8.49. The Balaban J connectivity index is 1.94. The Bertz CT molecular complexity index is 1030. The molecular formula is C18H23NO6S2. The van der Waals surface area contributed by atoms with Crippen molar-refractivity contribution in [2.75, 3.05) is 18.6 Å². The summed E-state index contributed by atoms with van der Waals surface area (Å²) in [6.45, 7) is 3.71. The minimum Gasteiger partial charge on any atom is -0.496 e. The van der Waals surface area contributed by atoms with Crippen LogP contribution in [0, 0.1) is 13.8 Å². The van der Waals surface area contributed by atoms with Gasteiger partial charge in [0.1, 0.15) is 11.5 Å². The third-order valence-electron chi connectivity index (χ3n) is 4.82. The summed E-state index contributed by atoms with van der Waals surface area (Å²) in [6, 6.07) is 5.98. The van der Waals surface area contributed by atoms with Crippen LogP contribution >= 0.6 is 0 Å². The van der Waals surface area contributed by atoms with Crippen molar-refractivity contribution < 1.29 is 26.0 Å². The van der Waals surface area contributed by atoms with Crippen molar-refractivity contribution in [3.05, 3.63) is 47.4 Å². The Morgan fingerprint density at radius 3 is 2.59 bits per heavy atom. The minimum atomic E-state index is -3.86. The van der Waals surface area contributed by atoms with E-state index in [0.29, 0.717) is 22.6 Å². The quantitative estimate of drug-likeness (QED) is 0.768. The van der Waals surface area contributed by atoms with Crippen LogP contribution in [0.4, 0.5) is 0 Å². The molecule has 7 nitrogen and oxygen atoms in total. The summed E-state index contributed by atoms with van der Waals surface area (Å²) in [4.78, 5) is 0.146. The van der Waals surface area contributed by atoms with Crippen molar-refractivity contribution in [1.82, 2.24) is 5.32 Å². The Kier molecular flexibility index (Phi) is 5.38. The van der Waals surface area contributed by atoms with Gasteiger partial charge in [0.15, 0.2) is 19.7 Å². The molecule has 0 saturated carbocycles. The van der Waals surface area contributed by atoms with Crippen LogP contribution in [0.1, 0.15) is 16.9 Å². The molecule has 3 rings (SSSR count). The monoisotopic (exact) mass is 413 g/mol. The Hall–Kier alpha value is -1.84. The normalized spacial score (nSPS) is 22.0. The third-order valence-corrected chi connectivity index (χ3v) is 9.11. The van der Waals surface area contributed by atoms with E-state index < -0.39 is 36.7 Å². The van der Waals surface area contributed by atoms with Crippen molar-refractivity contribution in [2.45, 2.75) is 36.6 Å². The predicted molar refractivity (Wildman–Crippen MR) is 101 cm³/mol. The first kappa shape index (κ1) is 19.9. The van der Waals surface area contributed by atoms with Gasteiger partial charge in [-0.15, -0.1) is 0 Å². The van der Waals surface area contributed by atoms with E-state index in [1.54, 1.807) is 38.1 Å². The van der Waals surface area contributed by atoms with Gasteiger partial charge >= 0.3 is 0 Å². The standard InChI is InChI=1S/C18H23NO6S2/c1-12-8-17(13(2)7-16(12)24-3)27(22,23)18-11-26(20,21)10-15(18)19-9-14-5-4-6-25-14/h4-8,15,18-19H,9-11H2,1-3H3/t15-,18-/m0/s1. The average Bonchev–Trinajstić information content (AvgIpc) is 3.21. The van der Waals surface area contributed by atoms with E-state index in [1.807, 2.05) is 0 Å². The molecule has 0 bridgehead atoms. The molecule has 0 unspecified atom stereocenters. The molecule has 27 heavy (non-hydrogen) atoms. The van der Waals surface area contributed by atoms with Crippen LogP contribution in [0.2, 0.25) is 0 Å². The lowest BCUT2D eigenvalue weighted by Crippen LogP contribution is -2.43. The molecule has 2 heterocycles. The second-order valence-corrected chi connectivity index (χ2v) is 11.1. The maximum absolute atomic E-state index is 13.3. The molecule has 2 aromatic rings. The van der Waals surface area contributed by atoms with Crippen LogP contribution in [-0.4, -0.2) is 46.7 Å². The van der Waals surface area contributed by atoms with E-state index in [-0.39, 0.29) is 17.2 Å². The van der Waals surface area contributed by atoms with Crippen molar-refractivity contribution in [3.63, 3.8) is 0 Å². The second-order valence-electron chi connectivity index (χ2n) is 6.81. The average molecular weight is 414 g/mol. The largest absolute Gasteiger partial charge is 0.496 e. The molecule has 0 aliphatic carbocycles. The zero-order chi connectivity index (χ0) is 19.8. The highest BCUT2D eigenvalue weighted by Gasteiger charge is 2.46. The zero-order valence-corrected chi connectivity index (χ0v) is 17.1. The van der Waals surface area contributed by atoms with E-state index in [1.165, 1.54) is 13.4 Å². The first-order valence-corrected chi connectivity index (χ1v) is 11.9. The molecule has 1 aliphatic heterocycles. The number of nitrogens with one attached hydrogen (secondary N) is 1. The van der Waals surface area contributed by atoms with E-state index in [0.717, 1.165) is 0 Å². The van der Waals surface area contributed by atoms with Gasteiger partial charge in [-0.2, -0.15) is 0 Å². The number of rotatable bonds is 6. The summed E-state index contributed by atoms with van der Waals surface area (Å²) in [5.74, 6) is 0.603. The lowest BCUT2D eigenvalue weighted by Gasteiger charge is -2.21. The molecule has 148 valence electrons. The van der Waals surface area contributed by atoms with Crippen LogP contribution < -0.4 is 10.1 Å². The van der Waals surface area contributed by atoms with Gasteiger partial charge in [0.05, 0.1) is 41.6 Å². The fourth-order valence-electron chi connectivity index (χ4n) is 3.41. The second kappa shape index (κ2) is 7.29. The molecule has 0 amide bonds. The molecular weight excluding hydrogens is 390 g/mol. The molecule has 1 aliphatic rings. The van der Waals surface area contributed by atoms with Gasteiger partial charge in [-0.25, -0.2) is 16.8 Å². The van der Waals surface area contributed by atoms with Crippen LogP contribution in [0.3, 0.4) is 0 Å². The zero-order valence-electron chi connectivity index (χ0n) is 15.4. The number of hydrogen-bond donors (Lipinski definition) is 1. The number of benzene rings is 1. The van der Waals surface area contributed by atoms with Crippen LogP contribution in [-0.2, 0) is 26.2 Å². The number of furan rings is 1. The van der Waals surface area contributed by atoms with Gasteiger partial charge in [-0.3, -0.25) is 0 Å². The fraction of sp³-hybridized carbons (Fsp3) is 0.444. The summed E-state index contributed by atoms with van der Waals surface area (Å²) >= 11 is 0. The maximum atomic E-state index is 13.3. The number of sulfone groups is 2. The van der Waals surface area contributed by atoms with Gasteiger partial charge in [-0.1, -0.05) is 0 Å². The maximum Gasteiger partial charge on any atom is 0.184 e. The van der Waals surface area contributed by atoms with Gasteiger partial charge in [0, 0.05) is 6.04 Å². The van der Waals surface area contributed by atoms with E-state index >= 15 is 0 Å². The Morgan fingerprint density at radius 1 is 1.22 bits per heavy atom. The summed E-state index contributed by atoms with van der Waals surface area (Å²) in [5.41, 5.74) is 1.22. The smallest absolute Gasteiger partial charge is 0.184 e. The van der Waals surface area contributed by atoms with Crippen molar-refractivity contribution in [2.24, 2.45) is 0 Å². The van der Waals surface area contributed by atoms with E-state index in [4.69, 9.17) is 9.15 Å². The predicted octanol–water partition coefficient (Wildman–Crippen LogP) is 1.63. The molecule has 1 aromatic carbocycles. The van der Waals surface area contributed by atoms with Crippen LogP contribution in [0.25, 0.3) is 0 Å². The number of ether oxygens (including phenoxy) is 1. The summed E-state index contributed by atoms with van der Waals surface area (Å²) in [7, 11) is -5.79. The van der Waals surface area contributed by atoms with Crippen molar-refractivity contribution in [1.29, 1.82) is 0 Å². The number of methoxy groups -OCH3 is 1. The molecule has 1 saturated heterocycles. The Labute approximate surface area is 159 Å². The van der Waals surface area contributed by atoms with E-state index in [2.05, 4.69) is 5.32 Å². The van der Waals surface area contributed by atoms with Gasteiger partial charge in [-0.05, 0) is 49.2 Å². The summed E-state index contributed by atoms with van der Waals surface area (Å²) < 4.78 is 61.5. The molecule has 0 spiro atoms. The van der Waals surface area contributed by atoms with E-state index in [9.17, 15) is 16.8 Å². The van der Waals surface area contributed by atoms with Gasteiger partial charge < -0.3 is 14.5 Å². The molecule has 1 fully saturated rings. The summed E-state index contributed by atoms with van der Waals surface area (Å²) in [6.07, 6.45) is 1.51. The number of hydrogen-bond acceptors (Lipinski definition) is 7. The molecule has 1 N–H and O–H groups in total. The highest BCUT2D eigenvalue weighted by molar-refractivity contribution is 7.96. The van der Waals surface area contributed by atoms with Gasteiger partial charge in [0.2, 0.25) is 0 Å². The highest BCUT2D eigenvalue weighted by Crippen LogP contribution is 2.31. The molecule has 1 aromatic heterocycles. The lowest BCUT2D eigenvalue weighted by molar-refractivity contribution is 0.411. The van der Waals surface area contributed by atoms with Crippen LogP contribution in [0.5, 0.6) is 5.75 Å². The van der Waals surface area contributed by atoms with Gasteiger partial charge in [0.25, 0.3) is 0 Å². The van der Waals surface area contributed by atoms with Crippen molar-refractivity contribution in [3.8, 4) is 5.75 Å². The minimum absolute atomic E-state index is 0.146. The Morgan fingerprint density at radius 2 is 1.96 bits per heavy atom. The topological polar surface area (TPSA) is 103 Å². The van der Waals surface area contributed by atoms with Crippen molar-refractivity contribution >= 4 is 19.7 Å². The number of aryl methyl sites for hydroxylation is 2. The first-order chi connectivity index (χ1) is 12.6. The molecule has 0 radical (unpaired) electrons. The SMILES string of the molecule is COc1cc(C)c(S(=O)(=O)[C@H]2CS(=O)(=O)C[C@@H]2NCc2ccco2)cc1C. The fourth-order valence-corrected chi connectivity index (χ4v) is 8.44.